The molecule has 0 aliphatic carbocycles. The highest BCUT2D eigenvalue weighted by Gasteiger charge is 2.16. The Hall–Kier alpha value is -2.79. The van der Waals surface area contributed by atoms with Crippen LogP contribution in [0, 0.1) is 0 Å². The van der Waals surface area contributed by atoms with Crippen LogP contribution in [0.15, 0.2) is 53.4 Å². The van der Waals surface area contributed by atoms with Crippen molar-refractivity contribution in [2.45, 2.75) is 49.6 Å². The number of aliphatic carboxylic acids is 2. The van der Waals surface area contributed by atoms with Crippen molar-refractivity contribution in [3.8, 4) is 5.75 Å². The van der Waals surface area contributed by atoms with E-state index < -0.39 is 24.1 Å². The summed E-state index contributed by atoms with van der Waals surface area (Å²) in [4.78, 5) is 24.9. The van der Waals surface area contributed by atoms with Gasteiger partial charge in [0.2, 0.25) is 0 Å². The number of anilines is 1. The standard InChI is InChI=1S/C21H25NO4S.C6H14N2O2/c1-2-25-19(21(23)24)15-16-7-9-17(10-8-16)26-13-11-22-12-14-27-20-6-4-3-5-18(20)22;7-4-2-1-3-5(8)6(9)10/h3-10,19H,2,11-15H2,1H3,(H,23,24);5H,1-4,7-8H2,(H,9,10)/t19-;/m0./s1. The van der Waals surface area contributed by atoms with Gasteiger partial charge < -0.3 is 40.8 Å². The summed E-state index contributed by atoms with van der Waals surface area (Å²) in [6.07, 6.45) is 1.75. The molecule has 1 heterocycles. The third-order valence-electron chi connectivity index (χ3n) is 5.76. The third-order valence-corrected chi connectivity index (χ3v) is 6.81. The molecule has 1 unspecified atom stereocenters. The monoisotopic (exact) mass is 533 g/mol. The first-order valence-corrected chi connectivity index (χ1v) is 13.6. The van der Waals surface area contributed by atoms with Gasteiger partial charge in [0.25, 0.3) is 0 Å². The number of carbonyl (C=O) groups excluding carboxylic acids is 1. The van der Waals surface area contributed by atoms with E-state index in [1.165, 1.54) is 10.6 Å². The van der Waals surface area contributed by atoms with E-state index in [2.05, 4.69) is 34.9 Å². The van der Waals surface area contributed by atoms with Gasteiger partial charge in [0.1, 0.15) is 24.5 Å². The third kappa shape index (κ3) is 11.0. The summed E-state index contributed by atoms with van der Waals surface area (Å²) < 4.78 is 11.1. The number of thioether (sulfide) groups is 1. The number of para-hydroxylation sites is 1. The molecule has 1 aliphatic heterocycles. The van der Waals surface area contributed by atoms with E-state index in [4.69, 9.17) is 20.3 Å². The first-order valence-electron chi connectivity index (χ1n) is 12.6. The highest BCUT2D eigenvalue weighted by molar-refractivity contribution is 7.99. The lowest BCUT2D eigenvalue weighted by Gasteiger charge is -2.30. The number of unbranched alkanes of at least 4 members (excludes halogenated alkanes) is 1. The maximum Gasteiger partial charge on any atom is 0.320 e. The van der Waals surface area contributed by atoms with E-state index in [1.54, 1.807) is 6.92 Å². The Morgan fingerprint density at radius 1 is 1.19 bits per heavy atom. The lowest BCUT2D eigenvalue weighted by molar-refractivity contribution is -0.368. The van der Waals surface area contributed by atoms with Crippen LogP contribution in [0.4, 0.5) is 5.69 Å². The minimum absolute atomic E-state index is 0.290. The van der Waals surface area contributed by atoms with Crippen LogP contribution in [0.2, 0.25) is 0 Å². The van der Waals surface area contributed by atoms with E-state index in [0.29, 0.717) is 26.1 Å². The zero-order valence-electron chi connectivity index (χ0n) is 21.5. The molecule has 10 heteroatoms. The number of ether oxygens (including phenoxy) is 2. The molecule has 6 N–H and O–H groups in total. The van der Waals surface area contributed by atoms with Gasteiger partial charge in [-0.15, -0.1) is 11.8 Å². The molecule has 0 bridgehead atoms. The SMILES string of the molecule is CCO[C@@H](Cc1ccc(OCCN2CCSc3ccccc32)cc1)C(=O)[O-].NC(CCCC[NH3+])C(=O)O. The van der Waals surface area contributed by atoms with E-state index >= 15 is 0 Å². The molecule has 2 aromatic rings. The quantitative estimate of drug-likeness (QED) is 0.304. The average Bonchev–Trinajstić information content (AvgIpc) is 2.90. The topological polar surface area (TPSA) is 153 Å². The maximum absolute atomic E-state index is 11.1. The minimum atomic E-state index is -1.18. The molecule has 0 radical (unpaired) electrons. The second kappa shape index (κ2) is 16.9. The molecule has 0 saturated heterocycles. The van der Waals surface area contributed by atoms with Gasteiger partial charge in [-0.2, -0.15) is 0 Å². The van der Waals surface area contributed by atoms with Gasteiger partial charge in [-0.1, -0.05) is 24.3 Å². The number of carboxylic acids is 2. The molecular formula is C27H39N3O6S. The Labute approximate surface area is 223 Å². The van der Waals surface area contributed by atoms with E-state index in [1.807, 2.05) is 36.0 Å². The van der Waals surface area contributed by atoms with E-state index in [9.17, 15) is 14.7 Å². The normalized spacial score (nSPS) is 14.1. The van der Waals surface area contributed by atoms with Crippen LogP contribution in [-0.2, 0) is 20.7 Å². The van der Waals surface area contributed by atoms with Gasteiger partial charge in [0.15, 0.2) is 0 Å². The van der Waals surface area contributed by atoms with Gasteiger partial charge >= 0.3 is 5.97 Å². The molecular weight excluding hydrogens is 494 g/mol. The molecule has 0 fully saturated rings. The number of nitrogens with two attached hydrogens (primary N) is 1. The van der Waals surface area contributed by atoms with Crippen LogP contribution in [-0.4, -0.2) is 67.8 Å². The summed E-state index contributed by atoms with van der Waals surface area (Å²) in [6.45, 7) is 5.41. The summed E-state index contributed by atoms with van der Waals surface area (Å²) in [7, 11) is 0. The molecule has 9 nitrogen and oxygen atoms in total. The van der Waals surface area contributed by atoms with Crippen molar-refractivity contribution in [1.29, 1.82) is 0 Å². The molecule has 0 saturated carbocycles. The second-order valence-corrected chi connectivity index (χ2v) is 9.69. The number of rotatable bonds is 14. The van der Waals surface area contributed by atoms with Crippen molar-refractivity contribution in [3.63, 3.8) is 0 Å². The summed E-state index contributed by atoms with van der Waals surface area (Å²) >= 11 is 1.90. The van der Waals surface area contributed by atoms with Gasteiger partial charge in [-0.25, -0.2) is 0 Å². The lowest BCUT2D eigenvalue weighted by Crippen LogP contribution is -2.50. The number of benzene rings is 2. The Morgan fingerprint density at radius 2 is 1.92 bits per heavy atom. The fourth-order valence-corrected chi connectivity index (χ4v) is 4.80. The number of nitrogens with zero attached hydrogens (tertiary/aromatic N) is 1. The van der Waals surface area contributed by atoms with Crippen LogP contribution in [0.1, 0.15) is 31.7 Å². The Kier molecular flexibility index (Phi) is 13.9. The summed E-state index contributed by atoms with van der Waals surface area (Å²) in [5.41, 5.74) is 11.0. The molecule has 0 amide bonds. The van der Waals surface area contributed by atoms with Crippen molar-refractivity contribution >= 4 is 29.4 Å². The molecule has 2 atom stereocenters. The Balaban J connectivity index is 0.000000410. The average molecular weight is 534 g/mol. The fourth-order valence-electron chi connectivity index (χ4n) is 3.74. The smallest absolute Gasteiger partial charge is 0.320 e. The lowest BCUT2D eigenvalue weighted by atomic mass is 10.1. The zero-order valence-corrected chi connectivity index (χ0v) is 22.3. The van der Waals surface area contributed by atoms with Crippen LogP contribution in [0.25, 0.3) is 0 Å². The maximum atomic E-state index is 11.1. The van der Waals surface area contributed by atoms with Crippen LogP contribution < -0.4 is 26.2 Å². The fraction of sp³-hybridized carbons (Fsp3) is 0.481. The molecule has 0 spiro atoms. The van der Waals surface area contributed by atoms with E-state index in [0.717, 1.165) is 49.5 Å². The molecule has 2 aromatic carbocycles. The highest BCUT2D eigenvalue weighted by atomic mass is 32.2. The Bertz CT molecular complexity index is 959. The van der Waals surface area contributed by atoms with Crippen LogP contribution >= 0.6 is 11.8 Å². The van der Waals surface area contributed by atoms with Crippen molar-refractivity contribution in [1.82, 2.24) is 0 Å². The van der Waals surface area contributed by atoms with Crippen molar-refractivity contribution in [2.75, 3.05) is 43.5 Å². The largest absolute Gasteiger partial charge is 0.547 e. The molecule has 3 rings (SSSR count). The number of carbonyl (C=O) groups is 2. The van der Waals surface area contributed by atoms with Crippen molar-refractivity contribution < 1.29 is 35.0 Å². The summed E-state index contributed by atoms with van der Waals surface area (Å²) in [5.74, 6) is -0.230. The predicted molar refractivity (Wildman–Crippen MR) is 143 cm³/mol. The van der Waals surface area contributed by atoms with Crippen molar-refractivity contribution in [3.05, 3.63) is 54.1 Å². The van der Waals surface area contributed by atoms with Crippen LogP contribution in [0.3, 0.4) is 0 Å². The van der Waals surface area contributed by atoms with Gasteiger partial charge in [-0.3, -0.25) is 4.79 Å². The number of hydrogen-bond acceptors (Lipinski definition) is 8. The van der Waals surface area contributed by atoms with Gasteiger partial charge in [0, 0.05) is 30.2 Å². The highest BCUT2D eigenvalue weighted by Crippen LogP contribution is 2.34. The first-order chi connectivity index (χ1) is 17.8. The molecule has 0 aromatic heterocycles. The van der Waals surface area contributed by atoms with Crippen LogP contribution in [0.5, 0.6) is 5.75 Å². The second-order valence-electron chi connectivity index (χ2n) is 8.56. The first kappa shape index (κ1) is 30.4. The number of hydrogen-bond donors (Lipinski definition) is 3. The summed E-state index contributed by atoms with van der Waals surface area (Å²) in [5, 5.41) is 19.4. The number of fused-ring (bicyclic) bond motifs is 1. The molecule has 204 valence electrons. The zero-order chi connectivity index (χ0) is 27.0. The number of quaternary nitrogens is 1. The minimum Gasteiger partial charge on any atom is -0.547 e. The molecule has 1 aliphatic rings. The number of carboxylic acid groups (broad SMARTS) is 2. The molecule has 37 heavy (non-hydrogen) atoms. The van der Waals surface area contributed by atoms with Crippen molar-refractivity contribution in [2.24, 2.45) is 5.73 Å². The predicted octanol–water partition coefficient (Wildman–Crippen LogP) is 1.19. The summed E-state index contributed by atoms with van der Waals surface area (Å²) in [6, 6.07) is 15.3. The Morgan fingerprint density at radius 3 is 2.57 bits per heavy atom. The van der Waals surface area contributed by atoms with E-state index in [-0.39, 0.29) is 0 Å². The van der Waals surface area contributed by atoms with Gasteiger partial charge in [0.05, 0.1) is 24.7 Å². The van der Waals surface area contributed by atoms with Gasteiger partial charge in [-0.05, 0) is 56.0 Å².